The fourth-order valence-electron chi connectivity index (χ4n) is 7.06. The molecule has 0 bridgehead atoms. The Labute approximate surface area is 447 Å². The molecule has 0 saturated carbocycles. The molecule has 1 unspecified atom stereocenters. The molecule has 0 spiro atoms. The standard InChI is InChI=1S/C67H102O6/c1-4-7-10-13-16-19-22-25-28-30-31-32-33-34-35-37-39-42-45-48-51-54-57-60-66(69)72-63-64(62-71-65(68)59-56-53-50-47-44-41-38-27-24-21-18-15-12-9-6-3)73-67(70)61-58-55-52-49-46-43-40-36-29-26-23-20-17-14-11-8-5-2/h7-12,16-21,25-29,31-32,34-35,38,40,43-44,47,53,56,64H,4-6,13-15,22-24,30,33,36-37,39,41-42,45-46,48-52,54-55,57-63H2,1-3H3/b10-7-,11-8-,12-9-,19-16-,20-17-,21-18-,28-25-,29-26-,32-31-,35-34-,38-27-,43-40-,47-44-,56-53-. The summed E-state index contributed by atoms with van der Waals surface area (Å²) in [5.41, 5.74) is 0. The summed E-state index contributed by atoms with van der Waals surface area (Å²) in [7, 11) is 0. The van der Waals surface area contributed by atoms with Crippen LogP contribution in [0.1, 0.15) is 213 Å². The predicted octanol–water partition coefficient (Wildman–Crippen LogP) is 19.5. The molecular weight excluding hydrogens is 901 g/mol. The van der Waals surface area contributed by atoms with Crippen molar-refractivity contribution >= 4 is 17.9 Å². The third kappa shape index (κ3) is 57.5. The Balaban J connectivity index is 4.55. The first kappa shape index (κ1) is 67.8. The molecule has 0 aliphatic heterocycles. The lowest BCUT2D eigenvalue weighted by atomic mass is 10.1. The highest BCUT2D eigenvalue weighted by molar-refractivity contribution is 5.72. The Morgan fingerprint density at radius 1 is 0.288 bits per heavy atom. The molecule has 0 amide bonds. The van der Waals surface area contributed by atoms with Gasteiger partial charge in [-0.25, -0.2) is 0 Å². The van der Waals surface area contributed by atoms with Crippen molar-refractivity contribution in [1.29, 1.82) is 0 Å². The van der Waals surface area contributed by atoms with E-state index in [0.29, 0.717) is 12.8 Å². The summed E-state index contributed by atoms with van der Waals surface area (Å²) in [6, 6.07) is 0. The number of rotatable bonds is 49. The number of allylic oxidation sites excluding steroid dienone is 27. The summed E-state index contributed by atoms with van der Waals surface area (Å²) in [4.78, 5) is 38.1. The largest absolute Gasteiger partial charge is 0.462 e. The first-order chi connectivity index (χ1) is 36.0. The van der Waals surface area contributed by atoms with Crippen LogP contribution in [-0.4, -0.2) is 37.2 Å². The summed E-state index contributed by atoms with van der Waals surface area (Å²) in [6.45, 7) is 6.16. The summed E-state index contributed by atoms with van der Waals surface area (Å²) < 4.78 is 16.7. The van der Waals surface area contributed by atoms with Crippen molar-refractivity contribution in [2.24, 2.45) is 0 Å². The molecule has 406 valence electrons. The van der Waals surface area contributed by atoms with E-state index in [1.807, 2.05) is 6.08 Å². The van der Waals surface area contributed by atoms with Crippen LogP contribution in [0.25, 0.3) is 0 Å². The molecule has 0 saturated heterocycles. The average Bonchev–Trinajstić information content (AvgIpc) is 3.39. The van der Waals surface area contributed by atoms with E-state index in [1.54, 1.807) is 6.08 Å². The van der Waals surface area contributed by atoms with Crippen molar-refractivity contribution in [2.45, 2.75) is 219 Å². The second-order valence-electron chi connectivity index (χ2n) is 18.1. The van der Waals surface area contributed by atoms with Crippen molar-refractivity contribution in [2.75, 3.05) is 13.2 Å². The van der Waals surface area contributed by atoms with Gasteiger partial charge in [-0.15, -0.1) is 0 Å². The zero-order valence-electron chi connectivity index (χ0n) is 46.3. The van der Waals surface area contributed by atoms with Crippen molar-refractivity contribution in [1.82, 2.24) is 0 Å². The zero-order chi connectivity index (χ0) is 52.9. The van der Waals surface area contributed by atoms with E-state index in [2.05, 4.69) is 179 Å². The Morgan fingerprint density at radius 3 is 0.890 bits per heavy atom. The first-order valence-corrected chi connectivity index (χ1v) is 28.6. The minimum absolute atomic E-state index is 0.110. The van der Waals surface area contributed by atoms with Gasteiger partial charge in [0.15, 0.2) is 6.10 Å². The van der Waals surface area contributed by atoms with Gasteiger partial charge in [0.1, 0.15) is 13.2 Å². The van der Waals surface area contributed by atoms with Gasteiger partial charge < -0.3 is 14.2 Å². The zero-order valence-corrected chi connectivity index (χ0v) is 46.3. The third-order valence-corrected chi connectivity index (χ3v) is 11.2. The van der Waals surface area contributed by atoms with Crippen LogP contribution in [0, 0.1) is 0 Å². The van der Waals surface area contributed by atoms with Crippen molar-refractivity contribution in [3.63, 3.8) is 0 Å². The van der Waals surface area contributed by atoms with E-state index in [9.17, 15) is 14.4 Å². The maximum Gasteiger partial charge on any atom is 0.309 e. The van der Waals surface area contributed by atoms with Crippen LogP contribution in [0.3, 0.4) is 0 Å². The summed E-state index contributed by atoms with van der Waals surface area (Å²) in [6.07, 6.45) is 87.9. The number of carbonyl (C=O) groups is 3. The second-order valence-corrected chi connectivity index (χ2v) is 18.1. The number of hydrogen-bond acceptors (Lipinski definition) is 6. The van der Waals surface area contributed by atoms with Crippen molar-refractivity contribution in [3.8, 4) is 0 Å². The summed E-state index contributed by atoms with van der Waals surface area (Å²) >= 11 is 0. The van der Waals surface area contributed by atoms with Gasteiger partial charge in [0.2, 0.25) is 0 Å². The van der Waals surface area contributed by atoms with E-state index in [-0.39, 0.29) is 38.0 Å². The highest BCUT2D eigenvalue weighted by Crippen LogP contribution is 2.13. The van der Waals surface area contributed by atoms with Crippen LogP contribution >= 0.6 is 0 Å². The van der Waals surface area contributed by atoms with Gasteiger partial charge in [-0.05, 0) is 128 Å². The number of esters is 3. The number of carbonyl (C=O) groups excluding carboxylic acids is 3. The van der Waals surface area contributed by atoms with Gasteiger partial charge in [0.25, 0.3) is 0 Å². The quantitative estimate of drug-likeness (QED) is 0.0261. The fourth-order valence-corrected chi connectivity index (χ4v) is 7.06. The molecule has 6 heteroatoms. The predicted molar refractivity (Wildman–Crippen MR) is 315 cm³/mol. The molecule has 0 rings (SSSR count). The van der Waals surface area contributed by atoms with Gasteiger partial charge in [-0.1, -0.05) is 236 Å². The third-order valence-electron chi connectivity index (χ3n) is 11.2. The Kier molecular flexibility index (Phi) is 55.1. The lowest BCUT2D eigenvalue weighted by Crippen LogP contribution is -2.30. The van der Waals surface area contributed by atoms with Crippen LogP contribution in [0.15, 0.2) is 170 Å². The van der Waals surface area contributed by atoms with Crippen molar-refractivity contribution < 1.29 is 28.6 Å². The molecule has 0 aromatic heterocycles. The van der Waals surface area contributed by atoms with Gasteiger partial charge in [-0.2, -0.15) is 0 Å². The molecule has 0 heterocycles. The fraction of sp³-hybridized carbons (Fsp3) is 0.537. The molecule has 73 heavy (non-hydrogen) atoms. The number of unbranched alkanes of at least 4 members (excludes halogenated alkanes) is 11. The van der Waals surface area contributed by atoms with Crippen molar-refractivity contribution in [3.05, 3.63) is 170 Å². The van der Waals surface area contributed by atoms with Crippen LogP contribution in [0.4, 0.5) is 0 Å². The lowest BCUT2D eigenvalue weighted by Gasteiger charge is -2.18. The molecular formula is C67H102O6. The van der Waals surface area contributed by atoms with E-state index in [0.717, 1.165) is 148 Å². The van der Waals surface area contributed by atoms with Crippen LogP contribution in [-0.2, 0) is 28.6 Å². The summed E-state index contributed by atoms with van der Waals surface area (Å²) in [5.74, 6) is -1.11. The topological polar surface area (TPSA) is 78.9 Å². The summed E-state index contributed by atoms with van der Waals surface area (Å²) in [5, 5.41) is 0. The van der Waals surface area contributed by atoms with E-state index in [1.165, 1.54) is 19.3 Å². The van der Waals surface area contributed by atoms with E-state index in [4.69, 9.17) is 14.2 Å². The smallest absolute Gasteiger partial charge is 0.309 e. The monoisotopic (exact) mass is 1000 g/mol. The van der Waals surface area contributed by atoms with Gasteiger partial charge in [0, 0.05) is 12.8 Å². The molecule has 0 aliphatic rings. The van der Waals surface area contributed by atoms with E-state index >= 15 is 0 Å². The van der Waals surface area contributed by atoms with Crippen LogP contribution < -0.4 is 0 Å². The molecule has 6 nitrogen and oxygen atoms in total. The maximum absolute atomic E-state index is 12.9. The molecule has 0 aliphatic carbocycles. The van der Waals surface area contributed by atoms with Crippen LogP contribution in [0.2, 0.25) is 0 Å². The van der Waals surface area contributed by atoms with E-state index < -0.39 is 12.1 Å². The van der Waals surface area contributed by atoms with Gasteiger partial charge in [0.05, 0.1) is 6.42 Å². The average molecular weight is 1000 g/mol. The number of ether oxygens (including phenoxy) is 3. The molecule has 0 radical (unpaired) electrons. The molecule has 0 aromatic rings. The van der Waals surface area contributed by atoms with Gasteiger partial charge in [-0.3, -0.25) is 14.4 Å². The second kappa shape index (κ2) is 59.3. The highest BCUT2D eigenvalue weighted by Gasteiger charge is 2.19. The lowest BCUT2D eigenvalue weighted by molar-refractivity contribution is -0.166. The molecule has 0 N–H and O–H groups in total. The minimum Gasteiger partial charge on any atom is -0.462 e. The van der Waals surface area contributed by atoms with Crippen LogP contribution in [0.5, 0.6) is 0 Å². The maximum atomic E-state index is 12.9. The van der Waals surface area contributed by atoms with Gasteiger partial charge >= 0.3 is 17.9 Å². The number of hydrogen-bond donors (Lipinski definition) is 0. The SMILES string of the molecule is CC/C=C\C/C=C\C/C=C\C/C=C\C/C=C\CCCCCCCCCC(=O)OCC(COC(=O)C/C=C\C/C=C\C/C=C\C/C=C\C/C=C\CC)OC(=O)CCCCCC/C=C\C/C=C\C/C=C\C/C=C\CC. The highest BCUT2D eigenvalue weighted by atomic mass is 16.6. The molecule has 0 fully saturated rings. The normalized spacial score (nSPS) is 13.4. The Hall–Kier alpha value is -5.23. The minimum atomic E-state index is -0.846. The first-order valence-electron chi connectivity index (χ1n) is 28.6. The molecule has 0 aromatic carbocycles. The Bertz CT molecular complexity index is 1720. The molecule has 1 atom stereocenters. The Morgan fingerprint density at radius 2 is 0.548 bits per heavy atom.